The van der Waals surface area contributed by atoms with Crippen molar-refractivity contribution in [1.29, 1.82) is 0 Å². The minimum Gasteiger partial charge on any atom is -0.305 e. The first-order valence-corrected chi connectivity index (χ1v) is 8.36. The molecule has 0 aromatic carbocycles. The second-order valence-electron chi connectivity index (χ2n) is 4.39. The third-order valence-corrected chi connectivity index (χ3v) is 4.61. The van der Waals surface area contributed by atoms with Gasteiger partial charge in [-0.15, -0.1) is 0 Å². The third-order valence-electron chi connectivity index (χ3n) is 2.72. The van der Waals surface area contributed by atoms with Crippen molar-refractivity contribution < 1.29 is 8.42 Å². The van der Waals surface area contributed by atoms with Gasteiger partial charge in [-0.2, -0.15) is 0 Å². The highest BCUT2D eigenvalue weighted by Gasteiger charge is 2.19. The minimum absolute atomic E-state index is 0.200. The van der Waals surface area contributed by atoms with Crippen molar-refractivity contribution in [2.24, 2.45) is 0 Å². The van der Waals surface area contributed by atoms with Gasteiger partial charge in [-0.25, -0.2) is 18.1 Å². The lowest BCUT2D eigenvalue weighted by Gasteiger charge is -2.08. The molecule has 0 spiro atoms. The molecule has 0 aliphatic rings. The second-order valence-corrected chi connectivity index (χ2v) is 7.04. The molecule has 0 amide bonds. The molecule has 104 valence electrons. The van der Waals surface area contributed by atoms with E-state index in [1.165, 1.54) is 0 Å². The predicted molar refractivity (Wildman–Crippen MR) is 77.7 cm³/mol. The smallest absolute Gasteiger partial charge is 0.244 e. The van der Waals surface area contributed by atoms with Gasteiger partial charge in [0.25, 0.3) is 0 Å². The number of aromatic nitrogens is 2. The standard InChI is InChI=1S/C12H16BrN3O2S/c1-3-4-5-14-19(17,18)11-6-10(13)8-16-7-9(2)15-12(11)16/h6-8,14H,3-5H2,1-2H3. The Hall–Kier alpha value is -0.920. The van der Waals surface area contributed by atoms with Gasteiger partial charge in [-0.3, -0.25) is 0 Å². The van der Waals surface area contributed by atoms with E-state index in [4.69, 9.17) is 0 Å². The number of aryl methyl sites for hydroxylation is 1. The van der Waals surface area contributed by atoms with E-state index in [-0.39, 0.29) is 4.90 Å². The van der Waals surface area contributed by atoms with Crippen LogP contribution in [0.5, 0.6) is 0 Å². The van der Waals surface area contributed by atoms with E-state index in [1.807, 2.05) is 13.8 Å². The Morgan fingerprint density at radius 1 is 1.42 bits per heavy atom. The van der Waals surface area contributed by atoms with E-state index in [2.05, 4.69) is 25.6 Å². The topological polar surface area (TPSA) is 63.5 Å². The Morgan fingerprint density at radius 2 is 2.16 bits per heavy atom. The summed E-state index contributed by atoms with van der Waals surface area (Å²) in [5.41, 5.74) is 1.23. The molecule has 0 saturated heterocycles. The molecule has 0 saturated carbocycles. The molecule has 0 aliphatic heterocycles. The van der Waals surface area contributed by atoms with Crippen LogP contribution in [-0.4, -0.2) is 24.3 Å². The quantitative estimate of drug-likeness (QED) is 0.846. The Morgan fingerprint density at radius 3 is 2.84 bits per heavy atom. The van der Waals surface area contributed by atoms with E-state index in [0.29, 0.717) is 16.7 Å². The molecule has 0 aliphatic carbocycles. The normalized spacial score (nSPS) is 12.2. The molecule has 2 rings (SSSR count). The summed E-state index contributed by atoms with van der Waals surface area (Å²) in [6.07, 6.45) is 5.35. The molecule has 2 heterocycles. The first-order chi connectivity index (χ1) is 8.94. The van der Waals surface area contributed by atoms with Crippen LogP contribution in [0.15, 0.2) is 27.8 Å². The first kappa shape index (κ1) is 14.5. The number of hydrogen-bond donors (Lipinski definition) is 1. The van der Waals surface area contributed by atoms with Crippen LogP contribution in [-0.2, 0) is 10.0 Å². The van der Waals surface area contributed by atoms with Crippen LogP contribution in [0.2, 0.25) is 0 Å². The fourth-order valence-corrected chi connectivity index (χ4v) is 3.66. The van der Waals surface area contributed by atoms with Crippen molar-refractivity contribution in [1.82, 2.24) is 14.1 Å². The molecular formula is C12H16BrN3O2S. The zero-order chi connectivity index (χ0) is 14.0. The van der Waals surface area contributed by atoms with Crippen LogP contribution < -0.4 is 4.72 Å². The zero-order valence-corrected chi connectivity index (χ0v) is 13.3. The summed E-state index contributed by atoms with van der Waals surface area (Å²) >= 11 is 3.33. The van der Waals surface area contributed by atoms with Gasteiger partial charge < -0.3 is 4.40 Å². The SMILES string of the molecule is CCCCNS(=O)(=O)c1cc(Br)cn2cc(C)nc12. The molecule has 2 aromatic rings. The molecule has 0 atom stereocenters. The van der Waals surface area contributed by atoms with E-state index in [1.54, 1.807) is 22.9 Å². The molecule has 0 unspecified atom stereocenters. The summed E-state index contributed by atoms with van der Waals surface area (Å²) < 4.78 is 29.6. The van der Waals surface area contributed by atoms with Crippen LogP contribution >= 0.6 is 15.9 Å². The molecule has 7 heteroatoms. The van der Waals surface area contributed by atoms with Gasteiger partial charge in [0.2, 0.25) is 10.0 Å². The number of nitrogens with zero attached hydrogens (tertiary/aromatic N) is 2. The van der Waals surface area contributed by atoms with Crippen molar-refractivity contribution in [2.75, 3.05) is 6.54 Å². The van der Waals surface area contributed by atoms with Crippen LogP contribution in [0.1, 0.15) is 25.5 Å². The van der Waals surface area contributed by atoms with Gasteiger partial charge in [0.05, 0.1) is 5.69 Å². The number of pyridine rings is 1. The van der Waals surface area contributed by atoms with Crippen LogP contribution in [0, 0.1) is 6.92 Å². The molecule has 0 radical (unpaired) electrons. The van der Waals surface area contributed by atoms with Gasteiger partial charge >= 0.3 is 0 Å². The Kier molecular flexibility index (Phi) is 4.27. The summed E-state index contributed by atoms with van der Waals surface area (Å²) in [5, 5.41) is 0. The van der Waals surface area contributed by atoms with E-state index < -0.39 is 10.0 Å². The molecule has 0 fully saturated rings. The summed E-state index contributed by atoms with van der Waals surface area (Å²) in [6, 6.07) is 1.58. The van der Waals surface area contributed by atoms with Crippen LogP contribution in [0.3, 0.4) is 0 Å². The number of sulfonamides is 1. The van der Waals surface area contributed by atoms with Gasteiger partial charge in [-0.05, 0) is 35.3 Å². The minimum atomic E-state index is -3.53. The number of hydrogen-bond acceptors (Lipinski definition) is 3. The fraction of sp³-hybridized carbons (Fsp3) is 0.417. The van der Waals surface area contributed by atoms with E-state index >= 15 is 0 Å². The number of imidazole rings is 1. The lowest BCUT2D eigenvalue weighted by molar-refractivity contribution is 0.578. The number of unbranched alkanes of at least 4 members (excludes halogenated alkanes) is 1. The van der Waals surface area contributed by atoms with Crippen molar-refractivity contribution in [3.05, 3.63) is 28.6 Å². The maximum Gasteiger partial charge on any atom is 0.244 e. The van der Waals surface area contributed by atoms with Crippen LogP contribution in [0.4, 0.5) is 0 Å². The molecule has 1 N–H and O–H groups in total. The number of nitrogens with one attached hydrogen (secondary N) is 1. The summed E-state index contributed by atoms with van der Waals surface area (Å²) in [4.78, 5) is 4.47. The first-order valence-electron chi connectivity index (χ1n) is 6.08. The highest BCUT2D eigenvalue weighted by Crippen LogP contribution is 2.22. The molecule has 19 heavy (non-hydrogen) atoms. The highest BCUT2D eigenvalue weighted by atomic mass is 79.9. The Balaban J connectivity index is 2.48. The van der Waals surface area contributed by atoms with Crippen molar-refractivity contribution >= 4 is 31.6 Å². The Bertz CT molecular complexity index is 694. The predicted octanol–water partition coefficient (Wildman–Crippen LogP) is 2.48. The summed E-state index contributed by atoms with van der Waals surface area (Å²) in [7, 11) is -3.53. The highest BCUT2D eigenvalue weighted by molar-refractivity contribution is 9.10. The fourth-order valence-electron chi connectivity index (χ4n) is 1.82. The largest absolute Gasteiger partial charge is 0.305 e. The average molecular weight is 346 g/mol. The third kappa shape index (κ3) is 3.16. The molecular weight excluding hydrogens is 330 g/mol. The number of fused-ring (bicyclic) bond motifs is 1. The molecule has 0 bridgehead atoms. The molecule has 2 aromatic heterocycles. The van der Waals surface area contributed by atoms with Gasteiger partial charge in [0.1, 0.15) is 4.90 Å². The lowest BCUT2D eigenvalue weighted by Crippen LogP contribution is -2.25. The summed E-state index contributed by atoms with van der Waals surface area (Å²) in [6.45, 7) is 4.29. The van der Waals surface area contributed by atoms with Crippen molar-refractivity contribution in [2.45, 2.75) is 31.6 Å². The van der Waals surface area contributed by atoms with Gasteiger partial charge in [-0.1, -0.05) is 13.3 Å². The monoisotopic (exact) mass is 345 g/mol. The van der Waals surface area contributed by atoms with Gasteiger partial charge in [0, 0.05) is 23.4 Å². The lowest BCUT2D eigenvalue weighted by atomic mass is 10.3. The van der Waals surface area contributed by atoms with E-state index in [0.717, 1.165) is 18.5 Å². The number of rotatable bonds is 5. The number of halogens is 1. The van der Waals surface area contributed by atoms with Crippen molar-refractivity contribution in [3.8, 4) is 0 Å². The van der Waals surface area contributed by atoms with Crippen molar-refractivity contribution in [3.63, 3.8) is 0 Å². The summed E-state index contributed by atoms with van der Waals surface area (Å²) in [5.74, 6) is 0. The zero-order valence-electron chi connectivity index (χ0n) is 10.9. The molecule has 5 nitrogen and oxygen atoms in total. The Labute approximate surface area is 121 Å². The second kappa shape index (κ2) is 5.60. The van der Waals surface area contributed by atoms with E-state index in [9.17, 15) is 8.42 Å². The van der Waals surface area contributed by atoms with Crippen LogP contribution in [0.25, 0.3) is 5.65 Å². The van der Waals surface area contributed by atoms with Gasteiger partial charge in [0.15, 0.2) is 5.65 Å². The maximum atomic E-state index is 12.3. The average Bonchev–Trinajstić information content (AvgIpc) is 2.68. The maximum absolute atomic E-state index is 12.3.